The van der Waals surface area contributed by atoms with E-state index in [1.54, 1.807) is 0 Å². The van der Waals surface area contributed by atoms with E-state index >= 15 is 0 Å². The number of hydrogen-bond acceptors (Lipinski definition) is 6. The second-order valence-electron chi connectivity index (χ2n) is 6.10. The van der Waals surface area contributed by atoms with Crippen LogP contribution in [-0.2, 0) is 13.2 Å². The van der Waals surface area contributed by atoms with Gasteiger partial charge in [0.1, 0.15) is 6.34 Å². The fourth-order valence-corrected chi connectivity index (χ4v) is 2.39. The first-order valence-electron chi connectivity index (χ1n) is 8.21. The van der Waals surface area contributed by atoms with Crippen LogP contribution in [0.3, 0.4) is 0 Å². The predicted molar refractivity (Wildman–Crippen MR) is 91.3 cm³/mol. The Morgan fingerprint density at radius 3 is 2.52 bits per heavy atom. The number of nitro groups is 1. The van der Waals surface area contributed by atoms with Crippen molar-refractivity contribution in [2.75, 3.05) is 13.1 Å². The highest BCUT2D eigenvalue weighted by molar-refractivity contribution is 5.83. The molecule has 0 amide bonds. The van der Waals surface area contributed by atoms with Gasteiger partial charge in [0.05, 0.1) is 4.92 Å². The van der Waals surface area contributed by atoms with Crippen LogP contribution in [0.15, 0.2) is 28.1 Å². The van der Waals surface area contributed by atoms with Crippen LogP contribution < -0.4 is 4.74 Å². The molecule has 9 nitrogen and oxygen atoms in total. The number of ether oxygens (including phenoxy) is 1. The minimum atomic E-state index is -4.64. The van der Waals surface area contributed by atoms with Gasteiger partial charge in [-0.15, -0.1) is 0 Å². The Morgan fingerprint density at radius 2 is 2.00 bits per heavy atom. The third-order valence-electron chi connectivity index (χ3n) is 3.85. The molecular formula is C15H17F5N6O3. The normalized spacial score (nSPS) is 18.4. The van der Waals surface area contributed by atoms with E-state index in [1.807, 2.05) is 0 Å². The Morgan fingerprint density at radius 1 is 1.38 bits per heavy atom. The van der Waals surface area contributed by atoms with E-state index in [9.17, 15) is 32.1 Å². The van der Waals surface area contributed by atoms with Crippen LogP contribution in [0.5, 0.6) is 5.88 Å². The number of hydrogen-bond donors (Lipinski definition) is 0. The van der Waals surface area contributed by atoms with E-state index in [-0.39, 0.29) is 30.7 Å². The summed E-state index contributed by atoms with van der Waals surface area (Å²) >= 11 is 0. The van der Waals surface area contributed by atoms with E-state index in [4.69, 9.17) is 4.74 Å². The molecule has 1 aliphatic rings. The first-order valence-corrected chi connectivity index (χ1v) is 8.21. The molecule has 0 aromatic carbocycles. The number of alkyl halides is 5. The third-order valence-corrected chi connectivity index (χ3v) is 3.85. The van der Waals surface area contributed by atoms with Gasteiger partial charge in [-0.2, -0.15) is 18.3 Å². The number of halogens is 5. The summed E-state index contributed by atoms with van der Waals surface area (Å²) in [5.41, 5.74) is -1.14. The van der Waals surface area contributed by atoms with Crippen molar-refractivity contribution in [3.05, 3.63) is 33.9 Å². The van der Waals surface area contributed by atoms with E-state index in [0.717, 1.165) is 11.0 Å². The van der Waals surface area contributed by atoms with Gasteiger partial charge in [-0.3, -0.25) is 10.1 Å². The zero-order valence-corrected chi connectivity index (χ0v) is 15.4. The zero-order valence-electron chi connectivity index (χ0n) is 15.4. The van der Waals surface area contributed by atoms with E-state index in [0.29, 0.717) is 12.3 Å². The first kappa shape index (κ1) is 22.2. The number of aliphatic imine (C=N–C) groups is 2. The average Bonchev–Trinajstić information content (AvgIpc) is 2.94. The largest absolute Gasteiger partial charge is 0.435 e. The van der Waals surface area contributed by atoms with Gasteiger partial charge in [-0.05, 0) is 0 Å². The minimum Gasteiger partial charge on any atom is -0.425 e. The molecule has 0 N–H and O–H groups in total. The lowest BCUT2D eigenvalue weighted by Gasteiger charge is -2.32. The maximum absolute atomic E-state index is 13.2. The maximum atomic E-state index is 13.2. The molecule has 0 bridgehead atoms. The third kappa shape index (κ3) is 6.50. The van der Waals surface area contributed by atoms with Crippen molar-refractivity contribution < 1.29 is 31.6 Å². The lowest BCUT2D eigenvalue weighted by molar-refractivity contribution is -0.404. The van der Waals surface area contributed by atoms with Crippen LogP contribution in [0.25, 0.3) is 0 Å². The summed E-state index contributed by atoms with van der Waals surface area (Å²) in [4.78, 5) is 18.8. The van der Waals surface area contributed by atoms with Gasteiger partial charge in [-0.25, -0.2) is 23.4 Å². The quantitative estimate of drug-likeness (QED) is 0.238. The molecule has 14 heteroatoms. The fourth-order valence-electron chi connectivity index (χ4n) is 2.39. The van der Waals surface area contributed by atoms with Gasteiger partial charge < -0.3 is 9.64 Å². The predicted octanol–water partition coefficient (Wildman–Crippen LogP) is 3.07. The van der Waals surface area contributed by atoms with Crippen LogP contribution >= 0.6 is 0 Å². The van der Waals surface area contributed by atoms with Crippen molar-refractivity contribution in [1.82, 2.24) is 14.7 Å². The highest BCUT2D eigenvalue weighted by Gasteiger charge is 2.36. The number of aryl methyl sites for hydroxylation is 1. The van der Waals surface area contributed by atoms with Crippen LogP contribution in [-0.4, -0.2) is 50.9 Å². The Kier molecular flexibility index (Phi) is 6.54. The SMILES string of the molecule is CC(=N/C=N\C(=C\[N+](=O)[O-])N1CCC(F)(F)CC1)Oc1cc(C(F)(F)F)nn1C. The van der Waals surface area contributed by atoms with Crippen LogP contribution in [0.4, 0.5) is 22.0 Å². The summed E-state index contributed by atoms with van der Waals surface area (Å²) in [5.74, 6) is -3.36. The smallest absolute Gasteiger partial charge is 0.425 e. The molecule has 0 saturated carbocycles. The molecular weight excluding hydrogens is 407 g/mol. The number of nitrogens with zero attached hydrogens (tertiary/aromatic N) is 6. The molecule has 2 heterocycles. The number of likely N-dealkylation sites (tertiary alicyclic amines) is 1. The lowest BCUT2D eigenvalue weighted by atomic mass is 10.1. The molecule has 1 aromatic heterocycles. The maximum Gasteiger partial charge on any atom is 0.435 e. The monoisotopic (exact) mass is 424 g/mol. The van der Waals surface area contributed by atoms with Gasteiger partial charge in [0.25, 0.3) is 12.1 Å². The van der Waals surface area contributed by atoms with Gasteiger partial charge in [-0.1, -0.05) is 0 Å². The highest BCUT2D eigenvalue weighted by Crippen LogP contribution is 2.31. The van der Waals surface area contributed by atoms with Crippen molar-refractivity contribution in [3.63, 3.8) is 0 Å². The van der Waals surface area contributed by atoms with Gasteiger partial charge in [0.2, 0.25) is 11.7 Å². The summed E-state index contributed by atoms with van der Waals surface area (Å²) in [6.07, 6.45) is -4.13. The van der Waals surface area contributed by atoms with Crippen molar-refractivity contribution >= 4 is 12.2 Å². The molecule has 0 radical (unpaired) electrons. The summed E-state index contributed by atoms with van der Waals surface area (Å²) in [7, 11) is 1.25. The molecule has 1 fully saturated rings. The van der Waals surface area contributed by atoms with Gasteiger partial charge >= 0.3 is 6.18 Å². The molecule has 1 saturated heterocycles. The van der Waals surface area contributed by atoms with Gasteiger partial charge in [0.15, 0.2) is 11.6 Å². The van der Waals surface area contributed by atoms with E-state index in [1.165, 1.54) is 18.9 Å². The number of piperidine rings is 1. The summed E-state index contributed by atoms with van der Waals surface area (Å²) < 4.78 is 70.4. The van der Waals surface area contributed by atoms with Crippen LogP contribution in [0.1, 0.15) is 25.5 Å². The summed E-state index contributed by atoms with van der Waals surface area (Å²) in [6, 6.07) is 0.683. The minimum absolute atomic E-state index is 0.115. The van der Waals surface area contributed by atoms with Crippen LogP contribution in [0, 0.1) is 10.1 Å². The Labute approximate surface area is 161 Å². The standard InChI is InChI=1S/C15H17F5N6O3/c1-10(29-13-7-11(15(18,19)20)23-24(13)2)21-9-22-12(8-26(27)28)25-5-3-14(16,17)4-6-25/h7-9H,3-6H2,1-2H3/b12-8-,21-10?,22-9-. The lowest BCUT2D eigenvalue weighted by Crippen LogP contribution is -2.38. The zero-order chi connectivity index (χ0) is 21.8. The molecule has 0 spiro atoms. The molecule has 1 aliphatic heterocycles. The molecule has 0 aliphatic carbocycles. The molecule has 2 rings (SSSR count). The highest BCUT2D eigenvalue weighted by atomic mass is 19.4. The molecule has 1 aromatic rings. The molecule has 0 unspecified atom stereocenters. The molecule has 29 heavy (non-hydrogen) atoms. The molecule has 0 atom stereocenters. The number of aromatic nitrogens is 2. The Balaban J connectivity index is 2.08. The van der Waals surface area contributed by atoms with Crippen LogP contribution in [0.2, 0.25) is 0 Å². The first-order chi connectivity index (χ1) is 13.4. The molecule has 160 valence electrons. The van der Waals surface area contributed by atoms with Crippen molar-refractivity contribution in [2.24, 2.45) is 17.0 Å². The number of rotatable bonds is 5. The average molecular weight is 424 g/mol. The van der Waals surface area contributed by atoms with Gasteiger partial charge in [0, 0.05) is 46.0 Å². The second-order valence-corrected chi connectivity index (χ2v) is 6.10. The second kappa shape index (κ2) is 8.53. The Hall–Kier alpha value is -3.06. The summed E-state index contributed by atoms with van der Waals surface area (Å²) in [5, 5.41) is 14.0. The van der Waals surface area contributed by atoms with Crippen molar-refractivity contribution in [3.8, 4) is 5.88 Å². The van der Waals surface area contributed by atoms with Crippen molar-refractivity contribution in [1.29, 1.82) is 0 Å². The summed E-state index contributed by atoms with van der Waals surface area (Å²) in [6.45, 7) is 1.07. The van der Waals surface area contributed by atoms with E-state index in [2.05, 4.69) is 15.1 Å². The van der Waals surface area contributed by atoms with Crippen molar-refractivity contribution in [2.45, 2.75) is 31.9 Å². The fraction of sp³-hybridized carbons (Fsp3) is 0.533. The Bertz CT molecular complexity index is 836. The topological polar surface area (TPSA) is 98.2 Å². The van der Waals surface area contributed by atoms with E-state index < -0.39 is 35.6 Å².